The lowest BCUT2D eigenvalue weighted by atomic mass is 10.1. The highest BCUT2D eigenvalue weighted by molar-refractivity contribution is 6.01. The van der Waals surface area contributed by atoms with Crippen molar-refractivity contribution in [1.29, 1.82) is 0 Å². The second-order valence-electron chi connectivity index (χ2n) is 3.60. The Bertz CT molecular complexity index is 594. The minimum atomic E-state index is -0.322. The number of hydrogen-bond acceptors (Lipinski definition) is 6. The minimum absolute atomic E-state index is 0.0622. The first kappa shape index (κ1) is 12.6. The Balaban J connectivity index is 2.07. The van der Waals surface area contributed by atoms with Crippen LogP contribution in [0.15, 0.2) is 40.3 Å². The number of rotatable bonds is 4. The third kappa shape index (κ3) is 3.06. The van der Waals surface area contributed by atoms with E-state index in [4.69, 9.17) is 10.9 Å². The van der Waals surface area contributed by atoms with Gasteiger partial charge < -0.3 is 20.8 Å². The van der Waals surface area contributed by atoms with E-state index >= 15 is 0 Å². The van der Waals surface area contributed by atoms with Gasteiger partial charge in [0.1, 0.15) is 0 Å². The molecule has 98 valence electrons. The molecule has 19 heavy (non-hydrogen) atoms. The third-order valence-electron chi connectivity index (χ3n) is 2.34. The highest BCUT2D eigenvalue weighted by atomic mass is 16.5. The lowest BCUT2D eigenvalue weighted by molar-refractivity contribution is 0.0949. The van der Waals surface area contributed by atoms with E-state index in [0.29, 0.717) is 17.0 Å². The van der Waals surface area contributed by atoms with Crippen molar-refractivity contribution in [2.24, 2.45) is 10.9 Å². The Morgan fingerprint density at radius 3 is 2.95 bits per heavy atom. The second kappa shape index (κ2) is 5.63. The van der Waals surface area contributed by atoms with Crippen molar-refractivity contribution in [2.45, 2.75) is 6.54 Å². The Hall–Kier alpha value is -2.90. The average molecular weight is 261 g/mol. The molecule has 0 atom stereocenters. The fourth-order valence-corrected chi connectivity index (χ4v) is 1.41. The Morgan fingerprint density at radius 2 is 2.26 bits per heavy atom. The molecule has 0 fully saturated rings. The van der Waals surface area contributed by atoms with Gasteiger partial charge in [0.15, 0.2) is 11.7 Å². The molecular weight excluding hydrogens is 250 g/mol. The molecule has 0 radical (unpaired) electrons. The SMILES string of the molecule is N/C(=N/O)c1cccc(C(=O)NCc2ncon2)c1. The van der Waals surface area contributed by atoms with Crippen molar-refractivity contribution < 1.29 is 14.5 Å². The fourth-order valence-electron chi connectivity index (χ4n) is 1.41. The second-order valence-corrected chi connectivity index (χ2v) is 3.60. The van der Waals surface area contributed by atoms with Crippen molar-refractivity contribution in [3.05, 3.63) is 47.6 Å². The van der Waals surface area contributed by atoms with Crippen LogP contribution in [0.25, 0.3) is 0 Å². The summed E-state index contributed by atoms with van der Waals surface area (Å²) in [6.45, 7) is 0.156. The molecule has 0 aliphatic carbocycles. The number of carbonyl (C=O) groups is 1. The van der Waals surface area contributed by atoms with Crippen LogP contribution >= 0.6 is 0 Å². The van der Waals surface area contributed by atoms with Crippen LogP contribution in [-0.4, -0.2) is 27.1 Å². The van der Waals surface area contributed by atoms with E-state index in [1.807, 2.05) is 0 Å². The molecule has 0 aliphatic rings. The quantitative estimate of drug-likeness (QED) is 0.310. The maximum Gasteiger partial charge on any atom is 0.251 e. The first-order valence-corrected chi connectivity index (χ1v) is 5.32. The Kier molecular flexibility index (Phi) is 3.72. The number of amidine groups is 1. The molecule has 0 aliphatic heterocycles. The van der Waals surface area contributed by atoms with Crippen LogP contribution in [-0.2, 0) is 6.54 Å². The summed E-state index contributed by atoms with van der Waals surface area (Å²) in [6.07, 6.45) is 1.18. The van der Waals surface area contributed by atoms with E-state index in [0.717, 1.165) is 0 Å². The van der Waals surface area contributed by atoms with Crippen molar-refractivity contribution in [3.63, 3.8) is 0 Å². The number of aromatic nitrogens is 2. The van der Waals surface area contributed by atoms with E-state index in [1.54, 1.807) is 18.2 Å². The van der Waals surface area contributed by atoms with Crippen LogP contribution in [0.5, 0.6) is 0 Å². The van der Waals surface area contributed by atoms with Gasteiger partial charge in [0, 0.05) is 11.1 Å². The summed E-state index contributed by atoms with van der Waals surface area (Å²) >= 11 is 0. The van der Waals surface area contributed by atoms with Gasteiger partial charge in [-0.2, -0.15) is 4.98 Å². The summed E-state index contributed by atoms with van der Waals surface area (Å²) < 4.78 is 4.55. The van der Waals surface area contributed by atoms with Gasteiger partial charge in [-0.15, -0.1) is 0 Å². The summed E-state index contributed by atoms with van der Waals surface area (Å²) in [5, 5.41) is 17.6. The molecule has 8 heteroatoms. The van der Waals surface area contributed by atoms with E-state index in [1.165, 1.54) is 12.5 Å². The van der Waals surface area contributed by atoms with Gasteiger partial charge in [0.2, 0.25) is 6.39 Å². The van der Waals surface area contributed by atoms with Crippen LogP contribution in [0.3, 0.4) is 0 Å². The highest BCUT2D eigenvalue weighted by Gasteiger charge is 2.09. The number of carbonyl (C=O) groups excluding carboxylic acids is 1. The van der Waals surface area contributed by atoms with Crippen molar-refractivity contribution >= 4 is 11.7 Å². The van der Waals surface area contributed by atoms with Crippen LogP contribution < -0.4 is 11.1 Å². The third-order valence-corrected chi connectivity index (χ3v) is 2.34. The van der Waals surface area contributed by atoms with Gasteiger partial charge >= 0.3 is 0 Å². The standard InChI is InChI=1S/C11H11N5O3/c12-10(15-18)7-2-1-3-8(4-7)11(17)13-5-9-14-6-19-16-9/h1-4,6,18H,5H2,(H2,12,15)(H,13,17). The zero-order chi connectivity index (χ0) is 13.7. The molecule has 2 rings (SSSR count). The van der Waals surface area contributed by atoms with E-state index in [2.05, 4.69) is 25.1 Å². The van der Waals surface area contributed by atoms with E-state index in [9.17, 15) is 4.79 Å². The smallest absolute Gasteiger partial charge is 0.251 e. The summed E-state index contributed by atoms with van der Waals surface area (Å²) in [5.41, 5.74) is 6.29. The summed E-state index contributed by atoms with van der Waals surface area (Å²) in [5.74, 6) is -0.00820. The highest BCUT2D eigenvalue weighted by Crippen LogP contribution is 2.05. The van der Waals surface area contributed by atoms with Crippen molar-refractivity contribution in [3.8, 4) is 0 Å². The molecule has 0 saturated heterocycles. The maximum absolute atomic E-state index is 11.9. The lowest BCUT2D eigenvalue weighted by Crippen LogP contribution is -2.24. The zero-order valence-corrected chi connectivity index (χ0v) is 9.78. The normalized spacial score (nSPS) is 11.3. The van der Waals surface area contributed by atoms with Gasteiger partial charge in [-0.1, -0.05) is 22.4 Å². The number of nitrogens with two attached hydrogens (primary N) is 1. The number of benzene rings is 1. The largest absolute Gasteiger partial charge is 0.409 e. The molecule has 0 bridgehead atoms. The predicted octanol–water partition coefficient (Wildman–Crippen LogP) is 0.0941. The Morgan fingerprint density at radius 1 is 1.47 bits per heavy atom. The number of nitrogens with zero attached hydrogens (tertiary/aromatic N) is 3. The Labute approximate surface area is 107 Å². The molecule has 4 N–H and O–H groups in total. The van der Waals surface area contributed by atoms with Crippen LogP contribution in [0.2, 0.25) is 0 Å². The first-order chi connectivity index (χ1) is 9.20. The molecule has 1 aromatic carbocycles. The van der Waals surface area contributed by atoms with Crippen molar-refractivity contribution in [2.75, 3.05) is 0 Å². The van der Waals surface area contributed by atoms with Gasteiger partial charge in [0.05, 0.1) is 6.54 Å². The van der Waals surface area contributed by atoms with E-state index < -0.39 is 0 Å². The van der Waals surface area contributed by atoms with Gasteiger partial charge in [-0.3, -0.25) is 4.79 Å². The lowest BCUT2D eigenvalue weighted by Gasteiger charge is -2.04. The summed E-state index contributed by atoms with van der Waals surface area (Å²) in [7, 11) is 0. The fraction of sp³-hybridized carbons (Fsp3) is 0.0909. The molecule has 2 aromatic rings. The number of nitrogens with one attached hydrogen (secondary N) is 1. The van der Waals surface area contributed by atoms with Crippen molar-refractivity contribution in [1.82, 2.24) is 15.5 Å². The van der Waals surface area contributed by atoms with Crippen LogP contribution in [0.4, 0.5) is 0 Å². The molecule has 1 heterocycles. The molecule has 0 saturated carbocycles. The number of amides is 1. The summed E-state index contributed by atoms with van der Waals surface area (Å²) in [4.78, 5) is 15.6. The van der Waals surface area contributed by atoms with Crippen LogP contribution in [0, 0.1) is 0 Å². The summed E-state index contributed by atoms with van der Waals surface area (Å²) in [6, 6.07) is 6.39. The van der Waals surface area contributed by atoms with Gasteiger partial charge in [0.25, 0.3) is 5.91 Å². The average Bonchev–Trinajstić information content (AvgIpc) is 2.97. The number of hydrogen-bond donors (Lipinski definition) is 3. The molecule has 1 amide bonds. The molecular formula is C11H11N5O3. The molecule has 8 nitrogen and oxygen atoms in total. The zero-order valence-electron chi connectivity index (χ0n) is 9.78. The van der Waals surface area contributed by atoms with Gasteiger partial charge in [-0.05, 0) is 12.1 Å². The maximum atomic E-state index is 11.9. The minimum Gasteiger partial charge on any atom is -0.409 e. The van der Waals surface area contributed by atoms with Crippen LogP contribution in [0.1, 0.15) is 21.7 Å². The monoisotopic (exact) mass is 261 g/mol. The molecule has 0 unspecified atom stereocenters. The topological polar surface area (TPSA) is 127 Å². The predicted molar refractivity (Wildman–Crippen MR) is 64.4 cm³/mol. The molecule has 1 aromatic heterocycles. The first-order valence-electron chi connectivity index (χ1n) is 5.32. The van der Waals surface area contributed by atoms with Gasteiger partial charge in [-0.25, -0.2) is 0 Å². The number of oxime groups is 1. The van der Waals surface area contributed by atoms with E-state index in [-0.39, 0.29) is 18.3 Å². The molecule has 0 spiro atoms.